The standard InChI is InChI=1S/C24H25N3O5/c1-26-20-9-8-18(23(29)32-15-17-10-11-25-21(12-17)31-2)13-19(20)22(28)27(24(26)30)14-16-6-4-3-5-7-16/h3-7,10-12,18H,8-9,13-15H2,1-2H3. The van der Waals surface area contributed by atoms with Crippen molar-refractivity contribution in [1.82, 2.24) is 14.1 Å². The van der Waals surface area contributed by atoms with Crippen molar-refractivity contribution in [3.8, 4) is 5.88 Å². The first kappa shape index (κ1) is 21.5. The van der Waals surface area contributed by atoms with Crippen LogP contribution in [0, 0.1) is 5.92 Å². The van der Waals surface area contributed by atoms with Crippen LogP contribution >= 0.6 is 0 Å². The molecule has 2 aromatic heterocycles. The fourth-order valence-corrected chi connectivity index (χ4v) is 4.09. The minimum absolute atomic E-state index is 0.104. The van der Waals surface area contributed by atoms with Gasteiger partial charge in [0.2, 0.25) is 5.88 Å². The third-order valence-corrected chi connectivity index (χ3v) is 5.86. The quantitative estimate of drug-likeness (QED) is 0.549. The molecule has 0 bridgehead atoms. The number of hydrogen-bond acceptors (Lipinski definition) is 6. The second-order valence-electron chi connectivity index (χ2n) is 7.90. The van der Waals surface area contributed by atoms with E-state index in [-0.39, 0.29) is 36.8 Å². The molecule has 0 spiro atoms. The smallest absolute Gasteiger partial charge is 0.331 e. The zero-order chi connectivity index (χ0) is 22.7. The number of rotatable bonds is 6. The van der Waals surface area contributed by atoms with E-state index in [0.717, 1.165) is 11.1 Å². The Morgan fingerprint density at radius 2 is 1.94 bits per heavy atom. The van der Waals surface area contributed by atoms with E-state index in [4.69, 9.17) is 9.47 Å². The zero-order valence-electron chi connectivity index (χ0n) is 18.1. The summed E-state index contributed by atoms with van der Waals surface area (Å²) in [6, 6.07) is 12.8. The highest BCUT2D eigenvalue weighted by Crippen LogP contribution is 2.24. The third kappa shape index (κ3) is 4.34. The largest absolute Gasteiger partial charge is 0.481 e. The number of fused-ring (bicyclic) bond motifs is 1. The van der Waals surface area contributed by atoms with Gasteiger partial charge in [-0.15, -0.1) is 0 Å². The Kier molecular flexibility index (Phi) is 6.20. The van der Waals surface area contributed by atoms with Crippen LogP contribution in [0.1, 0.15) is 28.8 Å². The highest BCUT2D eigenvalue weighted by atomic mass is 16.5. The maximum Gasteiger partial charge on any atom is 0.331 e. The van der Waals surface area contributed by atoms with Crippen molar-refractivity contribution in [3.63, 3.8) is 0 Å². The van der Waals surface area contributed by atoms with E-state index in [1.165, 1.54) is 16.2 Å². The van der Waals surface area contributed by atoms with Crippen molar-refractivity contribution in [1.29, 1.82) is 0 Å². The summed E-state index contributed by atoms with van der Waals surface area (Å²) >= 11 is 0. The van der Waals surface area contributed by atoms with Crippen LogP contribution in [-0.4, -0.2) is 27.2 Å². The van der Waals surface area contributed by atoms with Gasteiger partial charge in [-0.05, 0) is 36.5 Å². The van der Waals surface area contributed by atoms with E-state index in [0.29, 0.717) is 30.0 Å². The second kappa shape index (κ2) is 9.21. The molecule has 3 aromatic rings. The number of aromatic nitrogens is 3. The van der Waals surface area contributed by atoms with Gasteiger partial charge in [0.05, 0.1) is 19.6 Å². The summed E-state index contributed by atoms with van der Waals surface area (Å²) in [5.74, 6) is -0.332. The molecule has 166 valence electrons. The lowest BCUT2D eigenvalue weighted by Crippen LogP contribution is -2.45. The average Bonchev–Trinajstić information content (AvgIpc) is 2.84. The van der Waals surface area contributed by atoms with E-state index in [9.17, 15) is 14.4 Å². The molecule has 0 saturated heterocycles. The van der Waals surface area contributed by atoms with Gasteiger partial charge in [-0.25, -0.2) is 9.78 Å². The number of carbonyl (C=O) groups is 1. The van der Waals surface area contributed by atoms with E-state index in [2.05, 4.69) is 4.98 Å². The SMILES string of the molecule is COc1cc(COC(=O)C2CCc3c(c(=O)n(Cc4ccccc4)c(=O)n3C)C2)ccn1. The third-order valence-electron chi connectivity index (χ3n) is 5.86. The fraction of sp³-hybridized carbons (Fsp3) is 0.333. The number of methoxy groups -OCH3 is 1. The molecule has 0 aliphatic heterocycles. The molecule has 0 N–H and O–H groups in total. The zero-order valence-corrected chi connectivity index (χ0v) is 18.1. The number of carbonyl (C=O) groups excluding carboxylic acids is 1. The molecule has 0 radical (unpaired) electrons. The molecular formula is C24H25N3O5. The van der Waals surface area contributed by atoms with Gasteiger partial charge in [0.25, 0.3) is 5.56 Å². The monoisotopic (exact) mass is 435 g/mol. The van der Waals surface area contributed by atoms with Crippen LogP contribution in [0.2, 0.25) is 0 Å². The molecule has 1 aromatic carbocycles. The second-order valence-corrected chi connectivity index (χ2v) is 7.90. The Morgan fingerprint density at radius 1 is 1.16 bits per heavy atom. The topological polar surface area (TPSA) is 92.4 Å². The molecule has 1 atom stereocenters. The maximum atomic E-state index is 13.2. The Morgan fingerprint density at radius 3 is 2.69 bits per heavy atom. The molecule has 1 unspecified atom stereocenters. The van der Waals surface area contributed by atoms with Crippen molar-refractivity contribution in [2.75, 3.05) is 7.11 Å². The highest BCUT2D eigenvalue weighted by molar-refractivity contribution is 5.73. The van der Waals surface area contributed by atoms with E-state index in [1.54, 1.807) is 25.4 Å². The molecule has 1 aliphatic rings. The number of ether oxygens (including phenoxy) is 2. The predicted molar refractivity (Wildman–Crippen MR) is 118 cm³/mol. The number of esters is 1. The Bertz CT molecular complexity index is 1250. The number of nitrogens with zero attached hydrogens (tertiary/aromatic N) is 3. The molecule has 0 amide bonds. The van der Waals surface area contributed by atoms with E-state index < -0.39 is 5.92 Å². The van der Waals surface area contributed by atoms with Crippen molar-refractivity contribution in [2.24, 2.45) is 13.0 Å². The van der Waals surface area contributed by atoms with Crippen LogP contribution in [0.25, 0.3) is 0 Å². The lowest BCUT2D eigenvalue weighted by molar-refractivity contribution is -0.150. The lowest BCUT2D eigenvalue weighted by atomic mass is 9.87. The molecule has 2 heterocycles. The molecular weight excluding hydrogens is 410 g/mol. The highest BCUT2D eigenvalue weighted by Gasteiger charge is 2.30. The molecule has 4 rings (SSSR count). The minimum atomic E-state index is -0.429. The van der Waals surface area contributed by atoms with Gasteiger partial charge >= 0.3 is 11.7 Å². The van der Waals surface area contributed by atoms with Gasteiger partial charge in [0.1, 0.15) is 6.61 Å². The predicted octanol–water partition coefficient (Wildman–Crippen LogP) is 1.85. The number of pyridine rings is 1. The summed E-state index contributed by atoms with van der Waals surface area (Å²) in [6.07, 6.45) is 2.86. The van der Waals surface area contributed by atoms with Crippen molar-refractivity contribution in [3.05, 3.63) is 91.9 Å². The molecule has 8 heteroatoms. The minimum Gasteiger partial charge on any atom is -0.481 e. The maximum absolute atomic E-state index is 13.2. The van der Waals surface area contributed by atoms with Crippen molar-refractivity contribution in [2.45, 2.75) is 32.4 Å². The van der Waals surface area contributed by atoms with Gasteiger partial charge in [0, 0.05) is 30.6 Å². The fourth-order valence-electron chi connectivity index (χ4n) is 4.09. The van der Waals surface area contributed by atoms with Crippen molar-refractivity contribution >= 4 is 5.97 Å². The van der Waals surface area contributed by atoms with Crippen molar-refractivity contribution < 1.29 is 14.3 Å². The summed E-state index contributed by atoms with van der Waals surface area (Å²) in [5, 5.41) is 0. The average molecular weight is 435 g/mol. The van der Waals surface area contributed by atoms with Crippen LogP contribution in [0.5, 0.6) is 5.88 Å². The van der Waals surface area contributed by atoms with Gasteiger partial charge in [-0.3, -0.25) is 14.2 Å². The van der Waals surface area contributed by atoms with Crippen LogP contribution in [0.15, 0.2) is 58.3 Å². The number of hydrogen-bond donors (Lipinski definition) is 0. The molecule has 0 saturated carbocycles. The first-order chi connectivity index (χ1) is 15.5. The molecule has 0 fully saturated rings. The summed E-state index contributed by atoms with van der Waals surface area (Å²) in [7, 11) is 3.20. The Labute approximate surface area is 185 Å². The summed E-state index contributed by atoms with van der Waals surface area (Å²) in [4.78, 5) is 42.8. The summed E-state index contributed by atoms with van der Waals surface area (Å²) in [5.41, 5.74) is 2.18. The first-order valence-electron chi connectivity index (χ1n) is 10.5. The van der Waals surface area contributed by atoms with Gasteiger partial charge in [-0.1, -0.05) is 30.3 Å². The van der Waals surface area contributed by atoms with Gasteiger partial charge in [0.15, 0.2) is 0 Å². The Balaban J connectivity index is 1.54. The first-order valence-corrected chi connectivity index (χ1v) is 10.5. The molecule has 8 nitrogen and oxygen atoms in total. The van der Waals surface area contributed by atoms with E-state index in [1.807, 2.05) is 30.3 Å². The van der Waals surface area contributed by atoms with Crippen LogP contribution in [0.4, 0.5) is 0 Å². The summed E-state index contributed by atoms with van der Waals surface area (Å²) < 4.78 is 13.4. The van der Waals surface area contributed by atoms with Crippen LogP contribution in [-0.2, 0) is 42.6 Å². The molecule has 1 aliphatic carbocycles. The van der Waals surface area contributed by atoms with Crippen LogP contribution in [0.3, 0.4) is 0 Å². The van der Waals surface area contributed by atoms with E-state index >= 15 is 0 Å². The van der Waals surface area contributed by atoms with Crippen LogP contribution < -0.4 is 16.0 Å². The number of benzene rings is 1. The lowest BCUT2D eigenvalue weighted by Gasteiger charge is -2.25. The van der Waals surface area contributed by atoms with Gasteiger partial charge < -0.3 is 14.0 Å². The Hall–Kier alpha value is -3.68. The van der Waals surface area contributed by atoms with Gasteiger partial charge in [-0.2, -0.15) is 0 Å². The summed E-state index contributed by atoms with van der Waals surface area (Å²) in [6.45, 7) is 0.297. The normalized spacial score (nSPS) is 15.1. The molecule has 32 heavy (non-hydrogen) atoms.